The summed E-state index contributed by atoms with van der Waals surface area (Å²) in [6, 6.07) is 16.5. The van der Waals surface area contributed by atoms with Gasteiger partial charge in [-0.1, -0.05) is 41.9 Å². The van der Waals surface area contributed by atoms with E-state index < -0.39 is 6.10 Å². The van der Waals surface area contributed by atoms with Crippen LogP contribution in [-0.2, 0) is 0 Å². The van der Waals surface area contributed by atoms with Gasteiger partial charge in [-0.3, -0.25) is 0 Å². The first kappa shape index (κ1) is 15.8. The highest BCUT2D eigenvalue weighted by atomic mass is 35.5. The van der Waals surface area contributed by atoms with E-state index in [9.17, 15) is 5.11 Å². The fraction of sp³-hybridized carbons (Fsp3) is 0.188. The van der Waals surface area contributed by atoms with Crippen molar-refractivity contribution >= 4 is 34.6 Å². The monoisotopic (exact) mass is 320 g/mol. The number of hydrogen-bond acceptors (Lipinski definition) is 2. The molecule has 0 aliphatic rings. The molecule has 0 saturated carbocycles. The Morgan fingerprint density at radius 3 is 2.33 bits per heavy atom. The summed E-state index contributed by atoms with van der Waals surface area (Å²) in [4.78, 5) is 0. The molecular weight excluding hydrogens is 304 g/mol. The number of thiocarbonyl (C=S) groups is 1. The number of aliphatic hydroxyl groups is 1. The molecule has 3 nitrogen and oxygen atoms in total. The number of rotatable bonds is 4. The maximum atomic E-state index is 10.3. The van der Waals surface area contributed by atoms with Crippen LogP contribution in [-0.4, -0.2) is 16.3 Å². The maximum absolute atomic E-state index is 10.3. The Balaban J connectivity index is 1.91. The van der Waals surface area contributed by atoms with Crippen molar-refractivity contribution in [1.82, 2.24) is 5.32 Å². The predicted octanol–water partition coefficient (Wildman–Crippen LogP) is 3.75. The topological polar surface area (TPSA) is 44.3 Å². The second-order valence-electron chi connectivity index (χ2n) is 4.75. The van der Waals surface area contributed by atoms with Crippen molar-refractivity contribution in [2.45, 2.75) is 19.1 Å². The Hall–Kier alpha value is -1.62. The van der Waals surface area contributed by atoms with Crippen molar-refractivity contribution in [3.63, 3.8) is 0 Å². The summed E-state index contributed by atoms with van der Waals surface area (Å²) in [6.45, 7) is 1.88. The second-order valence-corrected chi connectivity index (χ2v) is 5.59. The molecule has 0 spiro atoms. The zero-order chi connectivity index (χ0) is 15.2. The van der Waals surface area contributed by atoms with Crippen LogP contribution in [0.3, 0.4) is 0 Å². The third kappa shape index (κ3) is 4.70. The average Bonchev–Trinajstić information content (AvgIpc) is 2.49. The zero-order valence-corrected chi connectivity index (χ0v) is 13.2. The van der Waals surface area contributed by atoms with Gasteiger partial charge >= 0.3 is 0 Å². The quantitative estimate of drug-likeness (QED) is 0.751. The molecule has 0 radical (unpaired) electrons. The summed E-state index contributed by atoms with van der Waals surface area (Å²) in [5.74, 6) is 0. The fourth-order valence-electron chi connectivity index (χ4n) is 1.93. The van der Waals surface area contributed by atoms with E-state index in [0.29, 0.717) is 10.1 Å². The number of anilines is 1. The number of halogens is 1. The summed E-state index contributed by atoms with van der Waals surface area (Å²) in [5.41, 5.74) is 1.70. The lowest BCUT2D eigenvalue weighted by Gasteiger charge is -2.22. The van der Waals surface area contributed by atoms with Crippen LogP contribution in [0.4, 0.5) is 5.69 Å². The molecule has 0 heterocycles. The molecule has 0 unspecified atom stereocenters. The minimum atomic E-state index is -0.629. The lowest BCUT2D eigenvalue weighted by Crippen LogP contribution is -2.39. The SMILES string of the molecule is C[C@H](NC(=S)Nc1ccc(Cl)cc1)[C@@H](O)c1ccccc1. The minimum Gasteiger partial charge on any atom is -0.386 e. The lowest BCUT2D eigenvalue weighted by molar-refractivity contribution is 0.145. The molecule has 2 rings (SSSR count). The molecule has 2 aromatic carbocycles. The van der Waals surface area contributed by atoms with Gasteiger partial charge in [0.05, 0.1) is 12.1 Å². The van der Waals surface area contributed by atoms with Crippen LogP contribution in [0.5, 0.6) is 0 Å². The van der Waals surface area contributed by atoms with Gasteiger partial charge in [0, 0.05) is 10.7 Å². The molecule has 2 atom stereocenters. The number of hydrogen-bond donors (Lipinski definition) is 3. The normalized spacial score (nSPS) is 13.3. The molecule has 3 N–H and O–H groups in total. The molecule has 0 amide bonds. The molecule has 0 aromatic heterocycles. The van der Waals surface area contributed by atoms with Crippen molar-refractivity contribution in [2.24, 2.45) is 0 Å². The van der Waals surface area contributed by atoms with Gasteiger partial charge in [-0.25, -0.2) is 0 Å². The second kappa shape index (κ2) is 7.41. The van der Waals surface area contributed by atoms with Crippen LogP contribution in [0, 0.1) is 0 Å². The van der Waals surface area contributed by atoms with E-state index in [-0.39, 0.29) is 6.04 Å². The highest BCUT2D eigenvalue weighted by molar-refractivity contribution is 7.80. The third-order valence-electron chi connectivity index (χ3n) is 3.08. The molecule has 0 saturated heterocycles. The largest absolute Gasteiger partial charge is 0.386 e. The predicted molar refractivity (Wildman–Crippen MR) is 91.7 cm³/mol. The molecule has 110 valence electrons. The molecule has 0 fully saturated rings. The van der Waals surface area contributed by atoms with Gasteiger partial charge in [-0.05, 0) is 49.0 Å². The van der Waals surface area contributed by atoms with Crippen LogP contribution >= 0.6 is 23.8 Å². The van der Waals surface area contributed by atoms with Crippen LogP contribution in [0.2, 0.25) is 5.02 Å². The van der Waals surface area contributed by atoms with Gasteiger partial charge < -0.3 is 15.7 Å². The summed E-state index contributed by atoms with van der Waals surface area (Å²) in [5, 5.41) is 17.5. The molecule has 21 heavy (non-hydrogen) atoms. The number of aliphatic hydroxyl groups excluding tert-OH is 1. The van der Waals surface area contributed by atoms with Gasteiger partial charge in [0.25, 0.3) is 0 Å². The van der Waals surface area contributed by atoms with E-state index >= 15 is 0 Å². The standard InChI is InChI=1S/C16H17ClN2OS/c1-11(15(20)12-5-3-2-4-6-12)18-16(21)19-14-9-7-13(17)8-10-14/h2-11,15,20H,1H3,(H2,18,19,21)/t11-,15+/m0/s1. The summed E-state index contributed by atoms with van der Waals surface area (Å²) < 4.78 is 0. The van der Waals surface area contributed by atoms with E-state index in [4.69, 9.17) is 23.8 Å². The number of nitrogens with one attached hydrogen (secondary N) is 2. The number of benzene rings is 2. The van der Waals surface area contributed by atoms with Crippen molar-refractivity contribution in [1.29, 1.82) is 0 Å². The van der Waals surface area contributed by atoms with Gasteiger partial charge in [0.1, 0.15) is 0 Å². The summed E-state index contributed by atoms with van der Waals surface area (Å²) in [7, 11) is 0. The maximum Gasteiger partial charge on any atom is 0.171 e. The first-order valence-corrected chi connectivity index (χ1v) is 7.41. The van der Waals surface area contributed by atoms with E-state index in [1.807, 2.05) is 49.4 Å². The van der Waals surface area contributed by atoms with E-state index in [0.717, 1.165) is 11.3 Å². The van der Waals surface area contributed by atoms with E-state index in [2.05, 4.69) is 10.6 Å². The highest BCUT2D eigenvalue weighted by Crippen LogP contribution is 2.17. The molecule has 5 heteroatoms. The Morgan fingerprint density at radius 1 is 1.10 bits per heavy atom. The minimum absolute atomic E-state index is 0.209. The van der Waals surface area contributed by atoms with Crippen LogP contribution in [0.1, 0.15) is 18.6 Å². The Labute approximate surface area is 135 Å². The molecule has 0 bridgehead atoms. The van der Waals surface area contributed by atoms with Crippen molar-refractivity contribution in [3.05, 3.63) is 65.2 Å². The fourth-order valence-corrected chi connectivity index (χ4v) is 2.35. The van der Waals surface area contributed by atoms with Crippen LogP contribution < -0.4 is 10.6 Å². The molecule has 2 aromatic rings. The van der Waals surface area contributed by atoms with Gasteiger partial charge in [0.2, 0.25) is 0 Å². The molecule has 0 aliphatic carbocycles. The lowest BCUT2D eigenvalue weighted by atomic mass is 10.0. The van der Waals surface area contributed by atoms with Crippen LogP contribution in [0.15, 0.2) is 54.6 Å². The summed E-state index contributed by atoms with van der Waals surface area (Å²) >= 11 is 11.1. The Bertz CT molecular complexity index is 589. The zero-order valence-electron chi connectivity index (χ0n) is 11.6. The Morgan fingerprint density at radius 2 is 1.71 bits per heavy atom. The average molecular weight is 321 g/mol. The van der Waals surface area contributed by atoms with Crippen molar-refractivity contribution in [3.8, 4) is 0 Å². The van der Waals surface area contributed by atoms with Crippen molar-refractivity contribution < 1.29 is 5.11 Å². The third-order valence-corrected chi connectivity index (χ3v) is 3.55. The van der Waals surface area contributed by atoms with Crippen molar-refractivity contribution in [2.75, 3.05) is 5.32 Å². The summed E-state index contributed by atoms with van der Waals surface area (Å²) in [6.07, 6.45) is -0.629. The molecular formula is C16H17ClN2OS. The van der Waals surface area contributed by atoms with Gasteiger partial charge in [0.15, 0.2) is 5.11 Å². The van der Waals surface area contributed by atoms with Crippen LogP contribution in [0.25, 0.3) is 0 Å². The van der Waals surface area contributed by atoms with Gasteiger partial charge in [-0.15, -0.1) is 0 Å². The highest BCUT2D eigenvalue weighted by Gasteiger charge is 2.16. The van der Waals surface area contributed by atoms with E-state index in [1.165, 1.54) is 0 Å². The first-order chi connectivity index (χ1) is 10.1. The molecule has 0 aliphatic heterocycles. The van der Waals surface area contributed by atoms with E-state index in [1.54, 1.807) is 12.1 Å². The first-order valence-electron chi connectivity index (χ1n) is 6.62. The Kier molecular flexibility index (Phi) is 5.56. The smallest absolute Gasteiger partial charge is 0.171 e. The van der Waals surface area contributed by atoms with Gasteiger partial charge in [-0.2, -0.15) is 0 Å².